The Morgan fingerprint density at radius 3 is 2.58 bits per heavy atom. The second kappa shape index (κ2) is 4.13. The predicted molar refractivity (Wildman–Crippen MR) is 68.5 cm³/mol. The van der Waals surface area contributed by atoms with Gasteiger partial charge in [0.1, 0.15) is 5.54 Å². The van der Waals surface area contributed by atoms with Crippen LogP contribution in [0.1, 0.15) is 23.5 Å². The van der Waals surface area contributed by atoms with Gasteiger partial charge >= 0.3 is 5.97 Å². The Bertz CT molecular complexity index is 542. The van der Waals surface area contributed by atoms with E-state index in [2.05, 4.69) is 5.32 Å². The zero-order valence-corrected chi connectivity index (χ0v) is 11.3. The summed E-state index contributed by atoms with van der Waals surface area (Å²) in [6.07, 6.45) is 0.780. The molecule has 2 atom stereocenters. The van der Waals surface area contributed by atoms with Crippen molar-refractivity contribution in [3.8, 4) is 11.5 Å². The lowest BCUT2D eigenvalue weighted by Gasteiger charge is -2.25. The first kappa shape index (κ1) is 12.3. The summed E-state index contributed by atoms with van der Waals surface area (Å²) in [4.78, 5) is 11.9. The molecule has 1 saturated carbocycles. The maximum Gasteiger partial charge on any atom is 0.326 e. The van der Waals surface area contributed by atoms with E-state index >= 15 is 0 Å². The molecule has 0 amide bonds. The van der Waals surface area contributed by atoms with Crippen molar-refractivity contribution in [2.75, 3.05) is 21.3 Å². The van der Waals surface area contributed by atoms with Gasteiger partial charge in [-0.3, -0.25) is 10.1 Å². The zero-order chi connectivity index (χ0) is 13.6. The topological polar surface area (TPSA) is 56.8 Å². The van der Waals surface area contributed by atoms with Gasteiger partial charge in [-0.2, -0.15) is 0 Å². The highest BCUT2D eigenvalue weighted by atomic mass is 16.5. The van der Waals surface area contributed by atoms with Crippen molar-refractivity contribution >= 4 is 5.97 Å². The van der Waals surface area contributed by atoms with Crippen LogP contribution in [0.5, 0.6) is 11.5 Å². The van der Waals surface area contributed by atoms with Gasteiger partial charge < -0.3 is 14.2 Å². The number of carbonyl (C=O) groups excluding carboxylic acids is 1. The van der Waals surface area contributed by atoms with Crippen LogP contribution in [-0.4, -0.2) is 32.8 Å². The Hall–Kier alpha value is -1.75. The quantitative estimate of drug-likeness (QED) is 0.831. The number of nitrogens with one attached hydrogen (secondary N) is 1. The molecular formula is C14H17NO4. The number of methoxy groups -OCH3 is 3. The molecule has 1 heterocycles. The van der Waals surface area contributed by atoms with Crippen LogP contribution in [0.15, 0.2) is 12.1 Å². The van der Waals surface area contributed by atoms with E-state index in [1.807, 2.05) is 12.1 Å². The largest absolute Gasteiger partial charge is 0.493 e. The van der Waals surface area contributed by atoms with Gasteiger partial charge in [-0.05, 0) is 29.7 Å². The third kappa shape index (κ3) is 1.61. The van der Waals surface area contributed by atoms with Crippen LogP contribution in [0.3, 0.4) is 0 Å². The highest BCUT2D eigenvalue weighted by molar-refractivity contribution is 5.87. The molecule has 0 saturated heterocycles. The second-order valence-electron chi connectivity index (χ2n) is 4.98. The Kier molecular flexibility index (Phi) is 2.67. The van der Waals surface area contributed by atoms with Gasteiger partial charge in [0.05, 0.1) is 21.3 Å². The first-order chi connectivity index (χ1) is 9.16. The maximum atomic E-state index is 11.9. The van der Waals surface area contributed by atoms with E-state index in [1.54, 1.807) is 14.2 Å². The summed E-state index contributed by atoms with van der Waals surface area (Å²) in [6.45, 7) is 0.640. The highest BCUT2D eigenvalue weighted by Gasteiger charge is 2.63. The van der Waals surface area contributed by atoms with E-state index in [-0.39, 0.29) is 11.9 Å². The summed E-state index contributed by atoms with van der Waals surface area (Å²) in [5.74, 6) is 1.41. The normalized spacial score (nSPS) is 27.0. The summed E-state index contributed by atoms with van der Waals surface area (Å²) in [6, 6.07) is 3.95. The van der Waals surface area contributed by atoms with E-state index in [0.29, 0.717) is 18.0 Å². The number of fused-ring (bicyclic) bond motifs is 3. The van der Waals surface area contributed by atoms with Crippen LogP contribution in [-0.2, 0) is 16.1 Å². The molecule has 0 unspecified atom stereocenters. The van der Waals surface area contributed by atoms with E-state index in [9.17, 15) is 4.79 Å². The molecule has 1 aliphatic heterocycles. The molecule has 2 aliphatic rings. The first-order valence-corrected chi connectivity index (χ1v) is 6.24. The minimum Gasteiger partial charge on any atom is -0.493 e. The maximum absolute atomic E-state index is 11.9. The average Bonchev–Trinajstić information content (AvgIpc) is 3.21. The molecule has 0 aromatic heterocycles. The number of carbonyl (C=O) groups is 1. The van der Waals surface area contributed by atoms with E-state index in [0.717, 1.165) is 17.5 Å². The molecule has 1 aromatic carbocycles. The van der Waals surface area contributed by atoms with Crippen molar-refractivity contribution in [3.05, 3.63) is 23.3 Å². The van der Waals surface area contributed by atoms with Crippen molar-refractivity contribution < 1.29 is 19.0 Å². The number of hydrogen-bond donors (Lipinski definition) is 1. The van der Waals surface area contributed by atoms with Gasteiger partial charge in [0.15, 0.2) is 11.5 Å². The average molecular weight is 263 g/mol. The molecule has 1 aromatic rings. The molecule has 102 valence electrons. The summed E-state index contributed by atoms with van der Waals surface area (Å²) >= 11 is 0. The zero-order valence-electron chi connectivity index (χ0n) is 11.3. The number of benzene rings is 1. The number of esters is 1. The molecule has 1 N–H and O–H groups in total. The Morgan fingerprint density at radius 2 is 1.95 bits per heavy atom. The minimum atomic E-state index is -0.526. The lowest BCUT2D eigenvalue weighted by atomic mass is 9.95. The van der Waals surface area contributed by atoms with Crippen molar-refractivity contribution in [2.24, 2.45) is 0 Å². The SMILES string of the molecule is COC(=O)[C@]12C[C@H]1c1cc(OC)c(OC)cc1CN2. The van der Waals surface area contributed by atoms with Gasteiger partial charge in [-0.1, -0.05) is 0 Å². The first-order valence-electron chi connectivity index (χ1n) is 6.24. The molecule has 3 rings (SSSR count). The smallest absolute Gasteiger partial charge is 0.326 e. The highest BCUT2D eigenvalue weighted by Crippen LogP contribution is 2.56. The fourth-order valence-corrected chi connectivity index (χ4v) is 2.98. The number of hydrogen-bond acceptors (Lipinski definition) is 5. The Morgan fingerprint density at radius 1 is 1.26 bits per heavy atom. The van der Waals surface area contributed by atoms with Gasteiger partial charge in [0.25, 0.3) is 0 Å². The molecule has 5 heteroatoms. The van der Waals surface area contributed by atoms with Crippen molar-refractivity contribution in [1.82, 2.24) is 5.32 Å². The Balaban J connectivity index is 2.00. The molecule has 0 spiro atoms. The van der Waals surface area contributed by atoms with Gasteiger partial charge in [-0.25, -0.2) is 0 Å². The van der Waals surface area contributed by atoms with Crippen molar-refractivity contribution in [1.29, 1.82) is 0 Å². The van der Waals surface area contributed by atoms with E-state index in [1.165, 1.54) is 7.11 Å². The molecule has 1 aliphatic carbocycles. The molecule has 0 radical (unpaired) electrons. The molecule has 19 heavy (non-hydrogen) atoms. The van der Waals surface area contributed by atoms with E-state index in [4.69, 9.17) is 14.2 Å². The van der Waals surface area contributed by atoms with Crippen molar-refractivity contribution in [3.63, 3.8) is 0 Å². The predicted octanol–water partition coefficient (Wildman–Crippen LogP) is 1.21. The van der Waals surface area contributed by atoms with Crippen molar-refractivity contribution in [2.45, 2.75) is 24.4 Å². The van der Waals surface area contributed by atoms with Crippen LogP contribution in [0.25, 0.3) is 0 Å². The third-order valence-electron chi connectivity index (χ3n) is 4.13. The van der Waals surface area contributed by atoms with Crippen LogP contribution >= 0.6 is 0 Å². The molecule has 5 nitrogen and oxygen atoms in total. The molecule has 1 fully saturated rings. The van der Waals surface area contributed by atoms with Crippen LogP contribution in [0.4, 0.5) is 0 Å². The molecular weight excluding hydrogens is 246 g/mol. The molecule has 0 bridgehead atoms. The summed E-state index contributed by atoms with van der Waals surface area (Å²) in [5, 5.41) is 3.29. The monoisotopic (exact) mass is 263 g/mol. The van der Waals surface area contributed by atoms with Gasteiger partial charge in [-0.15, -0.1) is 0 Å². The summed E-state index contributed by atoms with van der Waals surface area (Å²) in [5.41, 5.74) is 1.78. The Labute approximate surface area is 111 Å². The summed E-state index contributed by atoms with van der Waals surface area (Å²) < 4.78 is 15.5. The van der Waals surface area contributed by atoms with Crippen LogP contribution < -0.4 is 14.8 Å². The van der Waals surface area contributed by atoms with Gasteiger partial charge in [0, 0.05) is 12.5 Å². The van der Waals surface area contributed by atoms with Crippen LogP contribution in [0.2, 0.25) is 0 Å². The fourth-order valence-electron chi connectivity index (χ4n) is 2.98. The standard InChI is InChI=1S/C14H17NO4/c1-17-11-4-8-7-15-14(13(16)19-3)6-10(14)9(8)5-12(11)18-2/h4-5,10,15H,6-7H2,1-3H3/t10-,14-/m0/s1. The van der Waals surface area contributed by atoms with E-state index < -0.39 is 5.54 Å². The lowest BCUT2D eigenvalue weighted by molar-refractivity contribution is -0.144. The minimum absolute atomic E-state index is 0.170. The third-order valence-corrected chi connectivity index (χ3v) is 4.13. The van der Waals surface area contributed by atoms with Gasteiger partial charge in [0.2, 0.25) is 0 Å². The fraction of sp³-hybridized carbons (Fsp3) is 0.500. The lowest BCUT2D eigenvalue weighted by Crippen LogP contribution is -2.43. The summed E-state index contributed by atoms with van der Waals surface area (Å²) in [7, 11) is 4.67. The second-order valence-corrected chi connectivity index (χ2v) is 4.98. The number of rotatable bonds is 3. The number of ether oxygens (including phenoxy) is 3. The van der Waals surface area contributed by atoms with Crippen LogP contribution in [0, 0.1) is 0 Å².